The minimum Gasteiger partial charge on any atom is -0.361 e. The highest BCUT2D eigenvalue weighted by molar-refractivity contribution is 5.83. The largest absolute Gasteiger partial charge is 0.361 e. The molecule has 3 fully saturated rings. The molecule has 0 radical (unpaired) electrons. The number of nitrogens with one attached hydrogen (secondary N) is 1. The molecule has 1 amide bonds. The van der Waals surface area contributed by atoms with Crippen molar-refractivity contribution in [2.45, 2.75) is 69.9 Å². The van der Waals surface area contributed by atoms with Crippen molar-refractivity contribution in [2.24, 2.45) is 11.8 Å². The van der Waals surface area contributed by atoms with E-state index in [2.05, 4.69) is 51.3 Å². The third-order valence-electron chi connectivity index (χ3n) is 8.49. The molecule has 4 heteroatoms. The van der Waals surface area contributed by atoms with Crippen molar-refractivity contribution in [2.75, 3.05) is 19.6 Å². The molecule has 0 spiro atoms. The second-order valence-corrected chi connectivity index (χ2v) is 10.3. The van der Waals surface area contributed by atoms with Crippen molar-refractivity contribution in [3.05, 3.63) is 47.7 Å². The van der Waals surface area contributed by atoms with Gasteiger partial charge >= 0.3 is 0 Å². The van der Waals surface area contributed by atoms with E-state index >= 15 is 0 Å². The molecule has 0 unspecified atom stereocenters. The second kappa shape index (κ2) is 8.12. The summed E-state index contributed by atoms with van der Waals surface area (Å²) in [5.74, 6) is 1.77. The number of hydrogen-bond donors (Lipinski definition) is 1. The molecule has 31 heavy (non-hydrogen) atoms. The first kappa shape index (κ1) is 19.6. The minimum atomic E-state index is 0.383. The van der Waals surface area contributed by atoms with Crippen molar-refractivity contribution in [3.8, 4) is 0 Å². The summed E-state index contributed by atoms with van der Waals surface area (Å²) in [4.78, 5) is 21.8. The summed E-state index contributed by atoms with van der Waals surface area (Å²) in [7, 11) is 0. The number of likely N-dealkylation sites (tertiary alicyclic amines) is 1. The Hall–Kier alpha value is -2.07. The van der Waals surface area contributed by atoms with E-state index < -0.39 is 0 Å². The van der Waals surface area contributed by atoms with Gasteiger partial charge in [-0.15, -0.1) is 0 Å². The first-order valence-corrected chi connectivity index (χ1v) is 12.6. The van der Waals surface area contributed by atoms with E-state index in [1.165, 1.54) is 61.7 Å². The standard InChI is InChI=1S/C27H35N3O/c31-26(12-5-7-20-17-28-24-10-2-1-9-23(20)24)30-14-6-8-19-15-21-16-22(27(19)30)18-29-13-4-3-11-25(21)29/h1-2,9-10,15,17,21-22,25,27-28H,3-8,11-14,16,18H2/t21-,22-,25+,27-/m0/s1. The number of para-hydroxylation sites is 1. The fraction of sp³-hybridized carbons (Fsp3) is 0.593. The average molecular weight is 418 g/mol. The van der Waals surface area contributed by atoms with Crippen LogP contribution in [0.4, 0.5) is 0 Å². The van der Waals surface area contributed by atoms with E-state index in [0.29, 0.717) is 24.3 Å². The Balaban J connectivity index is 1.14. The highest BCUT2D eigenvalue weighted by atomic mass is 16.2. The maximum Gasteiger partial charge on any atom is 0.223 e. The number of carbonyl (C=O) groups excluding carboxylic acids is 1. The lowest BCUT2D eigenvalue weighted by Gasteiger charge is -2.54. The zero-order chi connectivity index (χ0) is 20.8. The van der Waals surface area contributed by atoms with Crippen LogP contribution >= 0.6 is 0 Å². The molecule has 4 atom stereocenters. The molecule has 4 aliphatic rings. The first-order chi connectivity index (χ1) is 15.3. The number of hydrogen-bond acceptors (Lipinski definition) is 2. The highest BCUT2D eigenvalue weighted by Gasteiger charge is 2.46. The highest BCUT2D eigenvalue weighted by Crippen LogP contribution is 2.45. The average Bonchev–Trinajstić information content (AvgIpc) is 3.22. The summed E-state index contributed by atoms with van der Waals surface area (Å²) in [6, 6.07) is 9.63. The summed E-state index contributed by atoms with van der Waals surface area (Å²) in [6.45, 7) is 3.44. The van der Waals surface area contributed by atoms with Gasteiger partial charge in [0.1, 0.15) is 0 Å². The van der Waals surface area contributed by atoms with Crippen LogP contribution in [0, 0.1) is 11.8 Å². The number of amides is 1. The number of nitrogens with zero attached hydrogens (tertiary/aromatic N) is 2. The van der Waals surface area contributed by atoms with Crippen LogP contribution in [0.2, 0.25) is 0 Å². The van der Waals surface area contributed by atoms with Gasteiger partial charge in [-0.05, 0) is 75.0 Å². The predicted octanol–water partition coefficient (Wildman–Crippen LogP) is 4.91. The van der Waals surface area contributed by atoms with Gasteiger partial charge in [-0.25, -0.2) is 0 Å². The van der Waals surface area contributed by atoms with E-state index in [9.17, 15) is 4.79 Å². The fourth-order valence-electron chi connectivity index (χ4n) is 7.17. The van der Waals surface area contributed by atoms with Crippen LogP contribution in [-0.4, -0.2) is 52.4 Å². The number of carbonyl (C=O) groups is 1. The number of fused-ring (bicyclic) bond motifs is 7. The van der Waals surface area contributed by atoms with Gasteiger partial charge in [0.2, 0.25) is 5.91 Å². The number of aromatic amines is 1. The van der Waals surface area contributed by atoms with Crippen LogP contribution in [0.15, 0.2) is 42.1 Å². The number of aryl methyl sites for hydroxylation is 1. The quantitative estimate of drug-likeness (QED) is 0.718. The summed E-state index contributed by atoms with van der Waals surface area (Å²) in [5.41, 5.74) is 4.13. The van der Waals surface area contributed by atoms with Gasteiger partial charge in [-0.1, -0.05) is 36.3 Å². The van der Waals surface area contributed by atoms with E-state index in [4.69, 9.17) is 0 Å². The van der Waals surface area contributed by atoms with Crippen molar-refractivity contribution >= 4 is 16.8 Å². The Labute approximate surface area is 185 Å². The first-order valence-electron chi connectivity index (χ1n) is 12.6. The molecule has 0 saturated carbocycles. The van der Waals surface area contributed by atoms with Crippen molar-refractivity contribution in [3.63, 3.8) is 0 Å². The fourth-order valence-corrected chi connectivity index (χ4v) is 7.17. The molecule has 2 aromatic rings. The lowest BCUT2D eigenvalue weighted by molar-refractivity contribution is -0.136. The topological polar surface area (TPSA) is 39.3 Å². The van der Waals surface area contributed by atoms with E-state index in [-0.39, 0.29) is 0 Å². The van der Waals surface area contributed by atoms with Gasteiger partial charge in [0.25, 0.3) is 0 Å². The molecule has 6 rings (SSSR count). The van der Waals surface area contributed by atoms with Crippen LogP contribution in [0.5, 0.6) is 0 Å². The van der Waals surface area contributed by atoms with Crippen molar-refractivity contribution in [1.82, 2.24) is 14.8 Å². The lowest BCUT2D eigenvalue weighted by Crippen LogP contribution is -2.60. The number of benzene rings is 1. The molecule has 1 aliphatic carbocycles. The molecule has 4 nitrogen and oxygen atoms in total. The molecule has 3 aliphatic heterocycles. The van der Waals surface area contributed by atoms with E-state index in [1.807, 2.05) is 0 Å². The molecule has 1 aromatic carbocycles. The lowest BCUT2D eigenvalue weighted by atomic mass is 9.68. The normalized spacial score (nSPS) is 30.6. The third kappa shape index (κ3) is 3.53. The number of rotatable bonds is 4. The Bertz CT molecular complexity index is 991. The summed E-state index contributed by atoms with van der Waals surface area (Å²) in [5, 5.41) is 1.30. The molecule has 3 saturated heterocycles. The molecular formula is C27H35N3O. The number of H-pyrrole nitrogens is 1. The monoisotopic (exact) mass is 417 g/mol. The molecule has 164 valence electrons. The van der Waals surface area contributed by atoms with Gasteiger partial charge in [0.15, 0.2) is 0 Å². The molecule has 4 heterocycles. The Morgan fingerprint density at radius 1 is 1.13 bits per heavy atom. The second-order valence-electron chi connectivity index (χ2n) is 10.3. The number of aromatic nitrogens is 1. The molecule has 1 aromatic heterocycles. The van der Waals surface area contributed by atoms with Crippen molar-refractivity contribution in [1.29, 1.82) is 0 Å². The SMILES string of the molecule is O=C(CCCc1c[nH]c2ccccc12)N1CCCC2=C[C@H]3C[C@@H](CN4CCCC[C@H]34)[C@H]21. The Kier molecular flexibility index (Phi) is 5.14. The number of piperidine rings is 3. The molecule has 2 bridgehead atoms. The van der Waals surface area contributed by atoms with Crippen LogP contribution in [0.3, 0.4) is 0 Å². The minimum absolute atomic E-state index is 0.383. The summed E-state index contributed by atoms with van der Waals surface area (Å²) >= 11 is 0. The molecule has 1 N–H and O–H groups in total. The van der Waals surface area contributed by atoms with Gasteiger partial charge in [0.05, 0.1) is 6.04 Å². The van der Waals surface area contributed by atoms with Crippen LogP contribution in [0.1, 0.15) is 56.9 Å². The predicted molar refractivity (Wildman–Crippen MR) is 125 cm³/mol. The van der Waals surface area contributed by atoms with Crippen molar-refractivity contribution < 1.29 is 4.79 Å². The van der Waals surface area contributed by atoms with Gasteiger partial charge in [-0.3, -0.25) is 9.69 Å². The van der Waals surface area contributed by atoms with Crippen LogP contribution in [-0.2, 0) is 11.2 Å². The zero-order valence-corrected chi connectivity index (χ0v) is 18.6. The maximum absolute atomic E-state index is 13.4. The summed E-state index contributed by atoms with van der Waals surface area (Å²) in [6.07, 6.45) is 15.1. The summed E-state index contributed by atoms with van der Waals surface area (Å²) < 4.78 is 0. The maximum atomic E-state index is 13.4. The van der Waals surface area contributed by atoms with Gasteiger partial charge < -0.3 is 9.88 Å². The third-order valence-corrected chi connectivity index (χ3v) is 8.49. The van der Waals surface area contributed by atoms with Gasteiger partial charge in [-0.2, -0.15) is 0 Å². The van der Waals surface area contributed by atoms with Crippen LogP contribution < -0.4 is 0 Å². The Morgan fingerprint density at radius 2 is 2.06 bits per heavy atom. The zero-order valence-electron chi connectivity index (χ0n) is 18.6. The molecular weight excluding hydrogens is 382 g/mol. The van der Waals surface area contributed by atoms with E-state index in [1.54, 1.807) is 5.57 Å². The van der Waals surface area contributed by atoms with E-state index in [0.717, 1.165) is 37.8 Å². The van der Waals surface area contributed by atoms with Crippen LogP contribution in [0.25, 0.3) is 10.9 Å². The smallest absolute Gasteiger partial charge is 0.223 e. The Morgan fingerprint density at radius 3 is 3.03 bits per heavy atom. The van der Waals surface area contributed by atoms with Gasteiger partial charge in [0, 0.05) is 42.7 Å².